The van der Waals surface area contributed by atoms with Crippen molar-refractivity contribution in [1.29, 1.82) is 0 Å². The minimum Gasteiger partial charge on any atom is -0.337 e. The number of aromatic nitrogens is 2. The molecule has 10 heteroatoms. The SMILES string of the molecule is O=C(CN1CCN(C(=O)C=Cc2ccc(-n3ccnc3)cc2)CC1)Nc1ccccc1C(F)(F)F. The molecule has 1 saturated heterocycles. The van der Waals surface area contributed by atoms with E-state index in [9.17, 15) is 22.8 Å². The van der Waals surface area contributed by atoms with E-state index in [1.165, 1.54) is 24.3 Å². The van der Waals surface area contributed by atoms with Gasteiger partial charge in [0.1, 0.15) is 0 Å². The van der Waals surface area contributed by atoms with Gasteiger partial charge in [-0.05, 0) is 35.9 Å². The van der Waals surface area contributed by atoms with Crippen LogP contribution in [0.1, 0.15) is 11.1 Å². The van der Waals surface area contributed by atoms with Gasteiger partial charge >= 0.3 is 6.18 Å². The molecule has 0 aliphatic carbocycles. The Hall–Kier alpha value is -3.92. The number of piperazine rings is 1. The van der Waals surface area contributed by atoms with E-state index < -0.39 is 17.6 Å². The van der Waals surface area contributed by atoms with Gasteiger partial charge in [-0.25, -0.2) is 4.98 Å². The number of amides is 2. The highest BCUT2D eigenvalue weighted by atomic mass is 19.4. The second-order valence-electron chi connectivity index (χ2n) is 8.09. The number of alkyl halides is 3. The zero-order valence-corrected chi connectivity index (χ0v) is 18.8. The summed E-state index contributed by atoms with van der Waals surface area (Å²) in [4.78, 5) is 32.4. The molecule has 0 spiro atoms. The van der Waals surface area contributed by atoms with Gasteiger partial charge < -0.3 is 14.8 Å². The summed E-state index contributed by atoms with van der Waals surface area (Å²) in [5, 5.41) is 2.35. The van der Waals surface area contributed by atoms with Gasteiger partial charge in [-0.2, -0.15) is 13.2 Å². The van der Waals surface area contributed by atoms with Crippen LogP contribution in [-0.2, 0) is 15.8 Å². The molecule has 0 atom stereocenters. The molecular weight excluding hydrogens is 459 g/mol. The maximum absolute atomic E-state index is 13.1. The Kier molecular flexibility index (Phi) is 7.31. The number of benzene rings is 2. The molecule has 182 valence electrons. The number of nitrogens with zero attached hydrogens (tertiary/aromatic N) is 4. The van der Waals surface area contributed by atoms with E-state index in [0.29, 0.717) is 26.2 Å². The first-order valence-corrected chi connectivity index (χ1v) is 11.0. The fraction of sp³-hybridized carbons (Fsp3) is 0.240. The van der Waals surface area contributed by atoms with Crippen LogP contribution in [0.15, 0.2) is 73.3 Å². The van der Waals surface area contributed by atoms with Gasteiger partial charge in [-0.15, -0.1) is 0 Å². The Bertz CT molecular complexity index is 1180. The number of imidazole rings is 1. The van der Waals surface area contributed by atoms with Crippen molar-refractivity contribution in [1.82, 2.24) is 19.4 Å². The van der Waals surface area contributed by atoms with Crippen LogP contribution in [0.5, 0.6) is 0 Å². The van der Waals surface area contributed by atoms with Gasteiger partial charge in [-0.1, -0.05) is 24.3 Å². The lowest BCUT2D eigenvalue weighted by Gasteiger charge is -2.33. The highest BCUT2D eigenvalue weighted by molar-refractivity contribution is 5.93. The highest BCUT2D eigenvalue weighted by Gasteiger charge is 2.33. The summed E-state index contributed by atoms with van der Waals surface area (Å²) in [5.41, 5.74) is 0.707. The van der Waals surface area contributed by atoms with Crippen molar-refractivity contribution in [2.75, 3.05) is 38.0 Å². The molecule has 0 radical (unpaired) electrons. The Balaban J connectivity index is 1.25. The van der Waals surface area contributed by atoms with Crippen molar-refractivity contribution in [2.45, 2.75) is 6.18 Å². The van der Waals surface area contributed by atoms with Crippen LogP contribution in [0.3, 0.4) is 0 Å². The summed E-state index contributed by atoms with van der Waals surface area (Å²) < 4.78 is 41.2. The van der Waals surface area contributed by atoms with Crippen LogP contribution in [-0.4, -0.2) is 63.9 Å². The lowest BCUT2D eigenvalue weighted by Crippen LogP contribution is -2.50. The van der Waals surface area contributed by atoms with Crippen molar-refractivity contribution in [2.24, 2.45) is 0 Å². The number of para-hydroxylation sites is 1. The predicted molar refractivity (Wildman–Crippen MR) is 126 cm³/mol. The van der Waals surface area contributed by atoms with Gasteiger partial charge in [0.05, 0.1) is 24.1 Å². The number of halogens is 3. The second-order valence-corrected chi connectivity index (χ2v) is 8.09. The second kappa shape index (κ2) is 10.6. The number of rotatable bonds is 6. The van der Waals surface area contributed by atoms with Crippen molar-refractivity contribution >= 4 is 23.6 Å². The molecule has 1 aliphatic rings. The van der Waals surface area contributed by atoms with E-state index in [-0.39, 0.29) is 18.1 Å². The third-order valence-corrected chi connectivity index (χ3v) is 5.67. The van der Waals surface area contributed by atoms with Crippen LogP contribution in [0.2, 0.25) is 0 Å². The summed E-state index contributed by atoms with van der Waals surface area (Å²) in [6.07, 6.45) is 3.97. The van der Waals surface area contributed by atoms with E-state index in [4.69, 9.17) is 0 Å². The van der Waals surface area contributed by atoms with Gasteiger partial charge in [-0.3, -0.25) is 14.5 Å². The zero-order valence-electron chi connectivity index (χ0n) is 18.8. The molecule has 35 heavy (non-hydrogen) atoms. The van der Waals surface area contributed by atoms with Crippen LogP contribution >= 0.6 is 0 Å². The molecule has 7 nitrogen and oxygen atoms in total. The van der Waals surface area contributed by atoms with E-state index in [1.54, 1.807) is 23.5 Å². The van der Waals surface area contributed by atoms with Gasteiger partial charge in [0.25, 0.3) is 0 Å². The zero-order chi connectivity index (χ0) is 24.8. The molecule has 1 fully saturated rings. The molecule has 1 aliphatic heterocycles. The molecule has 0 saturated carbocycles. The number of hydrogen-bond acceptors (Lipinski definition) is 4. The molecule has 2 amide bonds. The Morgan fingerprint density at radius 3 is 2.37 bits per heavy atom. The average Bonchev–Trinajstić information content (AvgIpc) is 3.38. The fourth-order valence-corrected chi connectivity index (χ4v) is 3.80. The largest absolute Gasteiger partial charge is 0.418 e. The molecule has 1 N–H and O–H groups in total. The van der Waals surface area contributed by atoms with Crippen LogP contribution < -0.4 is 5.32 Å². The first kappa shape index (κ1) is 24.2. The molecule has 0 unspecified atom stereocenters. The van der Waals surface area contributed by atoms with Gasteiger partial charge in [0, 0.05) is 50.3 Å². The van der Waals surface area contributed by atoms with Crippen molar-refractivity contribution < 1.29 is 22.8 Å². The molecular formula is C25H24F3N5O2. The first-order valence-electron chi connectivity index (χ1n) is 11.0. The number of carbonyl (C=O) groups excluding carboxylic acids is 2. The molecule has 2 heterocycles. The summed E-state index contributed by atoms with van der Waals surface area (Å²) in [6.45, 7) is 1.71. The van der Waals surface area contributed by atoms with Crippen LogP contribution in [0.25, 0.3) is 11.8 Å². The van der Waals surface area contributed by atoms with Crippen LogP contribution in [0, 0.1) is 0 Å². The van der Waals surface area contributed by atoms with Gasteiger partial charge in [0.2, 0.25) is 11.8 Å². The quantitative estimate of drug-likeness (QED) is 0.543. The fourth-order valence-electron chi connectivity index (χ4n) is 3.80. The van der Waals surface area contributed by atoms with Crippen molar-refractivity contribution in [3.05, 3.63) is 84.5 Å². The Labute approximate surface area is 200 Å². The van der Waals surface area contributed by atoms with Crippen molar-refractivity contribution in [3.63, 3.8) is 0 Å². The Morgan fingerprint density at radius 2 is 1.71 bits per heavy atom. The van der Waals surface area contributed by atoms with E-state index in [1.807, 2.05) is 39.9 Å². The highest BCUT2D eigenvalue weighted by Crippen LogP contribution is 2.34. The topological polar surface area (TPSA) is 70.5 Å². The predicted octanol–water partition coefficient (Wildman–Crippen LogP) is 3.69. The Morgan fingerprint density at radius 1 is 1.00 bits per heavy atom. The maximum atomic E-state index is 13.1. The normalized spacial score (nSPS) is 14.9. The van der Waals surface area contributed by atoms with E-state index >= 15 is 0 Å². The summed E-state index contributed by atoms with van der Waals surface area (Å²) in [5.74, 6) is -0.660. The first-order chi connectivity index (χ1) is 16.8. The summed E-state index contributed by atoms with van der Waals surface area (Å²) >= 11 is 0. The monoisotopic (exact) mass is 483 g/mol. The van der Waals surface area contributed by atoms with E-state index in [0.717, 1.165) is 17.3 Å². The smallest absolute Gasteiger partial charge is 0.337 e. The third kappa shape index (κ3) is 6.36. The average molecular weight is 483 g/mol. The molecule has 0 bridgehead atoms. The number of nitrogens with one attached hydrogen (secondary N) is 1. The lowest BCUT2D eigenvalue weighted by molar-refractivity contribution is -0.137. The standard InChI is InChI=1S/C25H24F3N5O2/c26-25(27,28)21-3-1-2-4-22(21)30-23(34)17-31-13-15-32(16-14-31)24(35)10-7-19-5-8-20(9-6-19)33-12-11-29-18-33/h1-12,18H,13-17H2,(H,30,34). The molecule has 4 rings (SSSR count). The summed E-state index contributed by atoms with van der Waals surface area (Å²) in [7, 11) is 0. The van der Waals surface area contributed by atoms with Gasteiger partial charge in [0.15, 0.2) is 0 Å². The van der Waals surface area contributed by atoms with E-state index in [2.05, 4.69) is 10.3 Å². The number of anilines is 1. The maximum Gasteiger partial charge on any atom is 0.418 e. The lowest BCUT2D eigenvalue weighted by atomic mass is 10.1. The summed E-state index contributed by atoms with van der Waals surface area (Å²) in [6, 6.07) is 12.6. The van der Waals surface area contributed by atoms with Crippen molar-refractivity contribution in [3.8, 4) is 5.69 Å². The van der Waals surface area contributed by atoms with Crippen LogP contribution in [0.4, 0.5) is 18.9 Å². The number of carbonyl (C=O) groups is 2. The minimum atomic E-state index is -4.55. The minimum absolute atomic E-state index is 0.0483. The molecule has 1 aromatic heterocycles. The molecule has 3 aromatic rings. The molecule has 2 aromatic carbocycles. The number of hydrogen-bond donors (Lipinski definition) is 1. The third-order valence-electron chi connectivity index (χ3n) is 5.67.